The molecule has 158 valence electrons. The van der Waals surface area contributed by atoms with Crippen molar-refractivity contribution in [3.05, 3.63) is 48.0 Å². The number of carbonyl (C=O) groups is 1. The lowest BCUT2D eigenvalue weighted by Gasteiger charge is -2.30. The molecule has 0 saturated heterocycles. The van der Waals surface area contributed by atoms with Crippen LogP contribution < -0.4 is 5.73 Å². The Morgan fingerprint density at radius 2 is 1.72 bits per heavy atom. The van der Waals surface area contributed by atoms with Crippen LogP contribution in [0.5, 0.6) is 0 Å². The molecule has 29 heavy (non-hydrogen) atoms. The number of rotatable bonds is 9. The Labute approximate surface area is 176 Å². The lowest BCUT2D eigenvalue weighted by molar-refractivity contribution is -0.135. The van der Waals surface area contributed by atoms with E-state index in [-0.39, 0.29) is 23.8 Å². The van der Waals surface area contributed by atoms with E-state index in [0.29, 0.717) is 12.3 Å². The molecule has 0 aromatic heterocycles. The summed E-state index contributed by atoms with van der Waals surface area (Å²) in [5, 5.41) is 2.44. The molecule has 0 aliphatic heterocycles. The van der Waals surface area contributed by atoms with E-state index in [0.717, 1.165) is 6.42 Å². The molecule has 0 heterocycles. The second kappa shape index (κ2) is 10.4. The molecule has 0 radical (unpaired) electrons. The van der Waals surface area contributed by atoms with Crippen molar-refractivity contribution in [3.8, 4) is 0 Å². The minimum absolute atomic E-state index is 0.00535. The van der Waals surface area contributed by atoms with Crippen molar-refractivity contribution >= 4 is 16.6 Å². The highest BCUT2D eigenvalue weighted by molar-refractivity contribution is 5.88. The Kier molecular flexibility index (Phi) is 7.85. The van der Waals surface area contributed by atoms with Gasteiger partial charge in [-0.3, -0.25) is 4.79 Å². The van der Waals surface area contributed by atoms with Gasteiger partial charge in [0, 0.05) is 12.5 Å². The number of ketones is 1. The molecule has 2 aromatic carbocycles. The summed E-state index contributed by atoms with van der Waals surface area (Å²) >= 11 is 0. The second-order valence-electron chi connectivity index (χ2n) is 9.15. The van der Waals surface area contributed by atoms with Crippen LogP contribution in [0.4, 0.5) is 0 Å². The predicted molar refractivity (Wildman–Crippen MR) is 121 cm³/mol. The third-order valence-corrected chi connectivity index (χ3v) is 6.32. The molecular formula is C26H37NO2. The minimum Gasteiger partial charge on any atom is -0.366 e. The van der Waals surface area contributed by atoms with E-state index in [9.17, 15) is 4.79 Å². The van der Waals surface area contributed by atoms with Crippen LogP contribution in [0.3, 0.4) is 0 Å². The Bertz CT molecular complexity index is 789. The molecule has 0 bridgehead atoms. The first kappa shape index (κ1) is 22.0. The van der Waals surface area contributed by atoms with E-state index in [4.69, 9.17) is 10.5 Å². The van der Waals surface area contributed by atoms with Gasteiger partial charge in [0.05, 0.1) is 6.10 Å². The Balaban J connectivity index is 1.71. The molecule has 1 fully saturated rings. The van der Waals surface area contributed by atoms with E-state index in [2.05, 4.69) is 49.4 Å². The van der Waals surface area contributed by atoms with Gasteiger partial charge in [-0.2, -0.15) is 0 Å². The summed E-state index contributed by atoms with van der Waals surface area (Å²) in [5.41, 5.74) is 7.78. The van der Waals surface area contributed by atoms with Crippen LogP contribution in [0.1, 0.15) is 77.2 Å². The highest BCUT2D eigenvalue weighted by Crippen LogP contribution is 2.31. The van der Waals surface area contributed by atoms with Gasteiger partial charge in [0.2, 0.25) is 0 Å². The molecule has 2 aromatic rings. The van der Waals surface area contributed by atoms with Crippen molar-refractivity contribution < 1.29 is 9.53 Å². The lowest BCUT2D eigenvalue weighted by Crippen LogP contribution is -2.45. The van der Waals surface area contributed by atoms with Crippen LogP contribution in [0.25, 0.3) is 10.8 Å². The highest BCUT2D eigenvalue weighted by atomic mass is 16.5. The van der Waals surface area contributed by atoms with E-state index in [1.165, 1.54) is 48.4 Å². The number of benzene rings is 2. The molecule has 3 atom stereocenters. The van der Waals surface area contributed by atoms with Gasteiger partial charge in [-0.15, -0.1) is 0 Å². The zero-order chi connectivity index (χ0) is 20.8. The fourth-order valence-corrected chi connectivity index (χ4v) is 4.85. The van der Waals surface area contributed by atoms with Gasteiger partial charge in [0.15, 0.2) is 5.78 Å². The zero-order valence-corrected chi connectivity index (χ0v) is 18.3. The SMILES string of the molecule is CC(C)OC(C(=O)C[C@@H](C)c1cccc2ccccc12)[C@H](N)CC1CCCCC1. The van der Waals surface area contributed by atoms with Gasteiger partial charge in [0.25, 0.3) is 0 Å². The molecule has 0 spiro atoms. The average molecular weight is 396 g/mol. The van der Waals surface area contributed by atoms with Gasteiger partial charge in [0.1, 0.15) is 6.10 Å². The van der Waals surface area contributed by atoms with Gasteiger partial charge >= 0.3 is 0 Å². The molecule has 3 rings (SSSR count). The number of carbonyl (C=O) groups excluding carboxylic acids is 1. The monoisotopic (exact) mass is 395 g/mol. The number of hydrogen-bond donors (Lipinski definition) is 1. The zero-order valence-electron chi connectivity index (χ0n) is 18.3. The summed E-state index contributed by atoms with van der Waals surface area (Å²) in [6.45, 7) is 6.11. The Morgan fingerprint density at radius 1 is 1.03 bits per heavy atom. The maximum absolute atomic E-state index is 13.3. The number of nitrogens with two attached hydrogens (primary N) is 1. The molecule has 1 aliphatic carbocycles. The third-order valence-electron chi connectivity index (χ3n) is 6.32. The second-order valence-corrected chi connectivity index (χ2v) is 9.15. The summed E-state index contributed by atoms with van der Waals surface area (Å²) in [5.74, 6) is 0.913. The average Bonchev–Trinajstić information content (AvgIpc) is 2.72. The lowest BCUT2D eigenvalue weighted by atomic mass is 9.82. The van der Waals surface area contributed by atoms with E-state index < -0.39 is 6.10 Å². The summed E-state index contributed by atoms with van der Waals surface area (Å²) in [7, 11) is 0. The van der Waals surface area contributed by atoms with Crippen molar-refractivity contribution in [3.63, 3.8) is 0 Å². The maximum atomic E-state index is 13.3. The van der Waals surface area contributed by atoms with Crippen LogP contribution in [0.2, 0.25) is 0 Å². The first-order chi connectivity index (χ1) is 14.0. The van der Waals surface area contributed by atoms with Gasteiger partial charge < -0.3 is 10.5 Å². The van der Waals surface area contributed by atoms with Crippen LogP contribution >= 0.6 is 0 Å². The Hall–Kier alpha value is -1.71. The highest BCUT2D eigenvalue weighted by Gasteiger charge is 2.31. The predicted octanol–water partition coefficient (Wildman–Crippen LogP) is 5.99. The number of Topliss-reactive ketones (excluding diaryl/α,β-unsaturated/α-hetero) is 1. The van der Waals surface area contributed by atoms with Crippen LogP contribution in [0.15, 0.2) is 42.5 Å². The Morgan fingerprint density at radius 3 is 2.45 bits per heavy atom. The van der Waals surface area contributed by atoms with E-state index in [1.807, 2.05) is 13.8 Å². The third kappa shape index (κ3) is 5.90. The molecule has 2 N–H and O–H groups in total. The molecule has 3 heteroatoms. The van der Waals surface area contributed by atoms with Crippen molar-refractivity contribution in [1.82, 2.24) is 0 Å². The fourth-order valence-electron chi connectivity index (χ4n) is 4.85. The first-order valence-electron chi connectivity index (χ1n) is 11.4. The summed E-state index contributed by atoms with van der Waals surface area (Å²) in [6, 6.07) is 14.5. The van der Waals surface area contributed by atoms with Gasteiger partial charge in [-0.25, -0.2) is 0 Å². The number of hydrogen-bond acceptors (Lipinski definition) is 3. The standard InChI is InChI=1S/C26H37NO2/c1-18(2)29-26(24(27)17-20-10-5-4-6-11-20)25(28)16-19(3)22-15-9-13-21-12-7-8-14-23(21)22/h7-9,12-15,18-20,24,26H,4-6,10-11,16-17,27H2,1-3H3/t19-,24-,26?/m1/s1. The molecule has 3 nitrogen and oxygen atoms in total. The topological polar surface area (TPSA) is 52.3 Å². The maximum Gasteiger partial charge on any atom is 0.163 e. The van der Waals surface area contributed by atoms with Crippen molar-refractivity contribution in [2.75, 3.05) is 0 Å². The minimum atomic E-state index is -0.505. The summed E-state index contributed by atoms with van der Waals surface area (Å²) in [6.07, 6.45) is 7.24. The molecule has 1 unspecified atom stereocenters. The first-order valence-corrected chi connectivity index (χ1v) is 11.4. The van der Waals surface area contributed by atoms with Crippen LogP contribution in [-0.4, -0.2) is 24.0 Å². The van der Waals surface area contributed by atoms with Gasteiger partial charge in [-0.05, 0) is 48.4 Å². The van der Waals surface area contributed by atoms with E-state index in [1.54, 1.807) is 0 Å². The fraction of sp³-hybridized carbons (Fsp3) is 0.577. The smallest absolute Gasteiger partial charge is 0.163 e. The summed E-state index contributed by atoms with van der Waals surface area (Å²) < 4.78 is 6.07. The van der Waals surface area contributed by atoms with E-state index >= 15 is 0 Å². The van der Waals surface area contributed by atoms with Crippen LogP contribution in [0, 0.1) is 5.92 Å². The number of fused-ring (bicyclic) bond motifs is 1. The normalized spacial score (nSPS) is 18.7. The quantitative estimate of drug-likeness (QED) is 0.567. The van der Waals surface area contributed by atoms with Gasteiger partial charge in [-0.1, -0.05) is 81.5 Å². The number of ether oxygens (including phenoxy) is 1. The molecule has 1 saturated carbocycles. The van der Waals surface area contributed by atoms with Crippen molar-refractivity contribution in [2.45, 2.75) is 89.9 Å². The van der Waals surface area contributed by atoms with Crippen LogP contribution in [-0.2, 0) is 9.53 Å². The summed E-state index contributed by atoms with van der Waals surface area (Å²) in [4.78, 5) is 13.3. The van der Waals surface area contributed by atoms with Crippen molar-refractivity contribution in [2.24, 2.45) is 11.7 Å². The largest absolute Gasteiger partial charge is 0.366 e. The molecular weight excluding hydrogens is 358 g/mol. The molecule has 1 aliphatic rings. The van der Waals surface area contributed by atoms with Crippen molar-refractivity contribution in [1.29, 1.82) is 0 Å². The molecule has 0 amide bonds.